The van der Waals surface area contributed by atoms with Crippen LogP contribution in [-0.4, -0.2) is 32.7 Å². The molecule has 0 aliphatic carbocycles. The van der Waals surface area contributed by atoms with Crippen molar-refractivity contribution in [3.63, 3.8) is 0 Å². The van der Waals surface area contributed by atoms with Crippen LogP contribution in [0, 0.1) is 13.8 Å². The Morgan fingerprint density at radius 2 is 2.00 bits per heavy atom. The highest BCUT2D eigenvalue weighted by Gasteiger charge is 2.12. The average molecular weight is 430 g/mol. The second-order valence-electron chi connectivity index (χ2n) is 6.25. The molecule has 0 aliphatic rings. The van der Waals surface area contributed by atoms with Crippen LogP contribution in [0.5, 0.6) is 0 Å². The van der Waals surface area contributed by atoms with Crippen LogP contribution in [0.1, 0.15) is 16.7 Å². The lowest BCUT2D eigenvalue weighted by Gasteiger charge is -2.09. The van der Waals surface area contributed by atoms with E-state index in [1.807, 2.05) is 44.2 Å². The summed E-state index contributed by atoms with van der Waals surface area (Å²) in [5.41, 5.74) is 6.46. The molecule has 1 heterocycles. The molecular formula is C19H20ClN7OS. The summed E-state index contributed by atoms with van der Waals surface area (Å²) in [5, 5.41) is 15.9. The first kappa shape index (κ1) is 20.7. The summed E-state index contributed by atoms with van der Waals surface area (Å²) in [7, 11) is 0. The van der Waals surface area contributed by atoms with Gasteiger partial charge in [0.15, 0.2) is 0 Å². The molecule has 29 heavy (non-hydrogen) atoms. The Bertz CT molecular complexity index is 1030. The number of hydrogen-bond acceptors (Lipinski definition) is 7. The summed E-state index contributed by atoms with van der Waals surface area (Å²) >= 11 is 7.03. The van der Waals surface area contributed by atoms with E-state index in [-0.39, 0.29) is 17.6 Å². The van der Waals surface area contributed by atoms with E-state index in [0.29, 0.717) is 10.2 Å². The van der Waals surface area contributed by atoms with Crippen molar-refractivity contribution >= 4 is 47.1 Å². The van der Waals surface area contributed by atoms with Crippen LogP contribution in [0.3, 0.4) is 0 Å². The number of thioether (sulfide) groups is 1. The largest absolute Gasteiger partial charge is 0.334 e. The van der Waals surface area contributed by atoms with Crippen LogP contribution in [0.15, 0.2) is 52.7 Å². The van der Waals surface area contributed by atoms with Crippen molar-refractivity contribution in [2.45, 2.75) is 19.0 Å². The number of nitrogens with one attached hydrogen (secondary N) is 2. The molecule has 10 heteroatoms. The smallest absolute Gasteiger partial charge is 0.264 e. The minimum atomic E-state index is -0.151. The number of halogens is 1. The van der Waals surface area contributed by atoms with E-state index in [0.717, 1.165) is 22.4 Å². The van der Waals surface area contributed by atoms with Crippen molar-refractivity contribution in [3.05, 3.63) is 64.2 Å². The maximum Gasteiger partial charge on any atom is 0.264 e. The van der Waals surface area contributed by atoms with Gasteiger partial charge in [0.05, 0.1) is 12.0 Å². The maximum absolute atomic E-state index is 12.2. The fraction of sp³-hybridized carbons (Fsp3) is 0.158. The molecule has 1 aromatic heterocycles. The Morgan fingerprint density at radius 3 is 2.76 bits per heavy atom. The Balaban J connectivity index is 1.54. The van der Waals surface area contributed by atoms with Crippen molar-refractivity contribution in [2.24, 2.45) is 5.10 Å². The number of benzene rings is 2. The van der Waals surface area contributed by atoms with Gasteiger partial charge in [-0.2, -0.15) is 5.10 Å². The zero-order valence-electron chi connectivity index (χ0n) is 15.9. The highest BCUT2D eigenvalue weighted by molar-refractivity contribution is 7.99. The molecule has 1 amide bonds. The van der Waals surface area contributed by atoms with Crippen LogP contribution >= 0.6 is 23.4 Å². The van der Waals surface area contributed by atoms with Crippen LogP contribution in [0.25, 0.3) is 0 Å². The lowest BCUT2D eigenvalue weighted by Crippen LogP contribution is -2.17. The molecule has 8 nitrogen and oxygen atoms in total. The summed E-state index contributed by atoms with van der Waals surface area (Å²) in [6.45, 7) is 3.92. The number of anilines is 2. The van der Waals surface area contributed by atoms with E-state index in [4.69, 9.17) is 17.4 Å². The number of rotatable bonds is 7. The molecule has 0 fully saturated rings. The SMILES string of the molecule is Cc1ccc(C)c(NC(=O)CSc2nnc(N/N=C/c3ccc(Cl)cc3)n2N)c1. The average Bonchev–Trinajstić information content (AvgIpc) is 3.04. The monoisotopic (exact) mass is 429 g/mol. The first-order chi connectivity index (χ1) is 13.9. The van der Waals surface area contributed by atoms with Crippen LogP contribution < -0.4 is 16.6 Å². The first-order valence-corrected chi connectivity index (χ1v) is 10.0. The second kappa shape index (κ2) is 9.44. The molecule has 150 valence electrons. The molecule has 4 N–H and O–H groups in total. The van der Waals surface area contributed by atoms with Crippen molar-refractivity contribution < 1.29 is 4.79 Å². The lowest BCUT2D eigenvalue weighted by molar-refractivity contribution is -0.113. The van der Waals surface area contributed by atoms with E-state index < -0.39 is 0 Å². The minimum absolute atomic E-state index is 0.150. The number of nitrogens with two attached hydrogens (primary N) is 1. The molecule has 2 aromatic carbocycles. The van der Waals surface area contributed by atoms with Crippen molar-refractivity contribution in [2.75, 3.05) is 22.3 Å². The van der Waals surface area contributed by atoms with Gasteiger partial charge in [0.1, 0.15) is 0 Å². The third-order valence-corrected chi connectivity index (χ3v) is 5.11. The standard InChI is InChI=1S/C19H20ClN7OS/c1-12-3-4-13(2)16(9-12)23-17(28)11-29-19-26-25-18(27(19)21)24-22-10-14-5-7-15(20)8-6-14/h3-10H,11,21H2,1-2H3,(H,23,28)(H,24,25)/b22-10+. The van der Waals surface area contributed by atoms with Gasteiger partial charge in [-0.25, -0.2) is 10.1 Å². The van der Waals surface area contributed by atoms with Gasteiger partial charge in [0.25, 0.3) is 5.95 Å². The first-order valence-electron chi connectivity index (χ1n) is 8.67. The van der Waals surface area contributed by atoms with Crippen molar-refractivity contribution in [3.8, 4) is 0 Å². The van der Waals surface area contributed by atoms with E-state index in [2.05, 4.69) is 26.0 Å². The summed E-state index contributed by atoms with van der Waals surface area (Å²) in [6.07, 6.45) is 1.61. The quantitative estimate of drug-likeness (QED) is 0.229. The molecule has 0 atom stereocenters. The van der Waals surface area contributed by atoms with Crippen LogP contribution in [0.4, 0.5) is 11.6 Å². The summed E-state index contributed by atoms with van der Waals surface area (Å²) in [6, 6.07) is 13.1. The lowest BCUT2D eigenvalue weighted by atomic mass is 10.1. The van der Waals surface area contributed by atoms with E-state index >= 15 is 0 Å². The zero-order chi connectivity index (χ0) is 20.8. The van der Waals surface area contributed by atoms with Crippen molar-refractivity contribution in [1.29, 1.82) is 0 Å². The number of carbonyl (C=O) groups excluding carboxylic acids is 1. The summed E-state index contributed by atoms with van der Waals surface area (Å²) < 4.78 is 1.25. The highest BCUT2D eigenvalue weighted by Crippen LogP contribution is 2.19. The Hall–Kier alpha value is -3.04. The van der Waals surface area contributed by atoms with Gasteiger partial charge in [-0.1, -0.05) is 47.6 Å². The number of aromatic nitrogens is 3. The summed E-state index contributed by atoms with van der Waals surface area (Å²) in [4.78, 5) is 12.2. The number of nitrogen functional groups attached to an aromatic ring is 1. The number of nitrogens with zero attached hydrogens (tertiary/aromatic N) is 4. The Kier molecular flexibility index (Phi) is 6.73. The Morgan fingerprint density at radius 1 is 1.24 bits per heavy atom. The molecule has 0 radical (unpaired) electrons. The minimum Gasteiger partial charge on any atom is -0.334 e. The predicted octanol–water partition coefficient (Wildman–Crippen LogP) is 3.44. The highest BCUT2D eigenvalue weighted by atomic mass is 35.5. The molecule has 3 aromatic rings. The van der Waals surface area contributed by atoms with E-state index in [1.165, 1.54) is 16.4 Å². The van der Waals surface area contributed by atoms with Crippen LogP contribution in [0.2, 0.25) is 5.02 Å². The maximum atomic E-state index is 12.2. The number of amides is 1. The van der Waals surface area contributed by atoms with Gasteiger partial charge in [-0.05, 0) is 48.7 Å². The normalized spacial score (nSPS) is 11.0. The molecule has 0 aliphatic heterocycles. The predicted molar refractivity (Wildman–Crippen MR) is 118 cm³/mol. The molecule has 0 unspecified atom stereocenters. The fourth-order valence-electron chi connectivity index (χ4n) is 2.35. The van der Waals surface area contributed by atoms with Gasteiger partial charge in [-0.3, -0.25) is 4.79 Å². The molecule has 0 saturated heterocycles. The molecular weight excluding hydrogens is 410 g/mol. The molecule has 0 bridgehead atoms. The van der Waals surface area contributed by atoms with E-state index in [9.17, 15) is 4.79 Å². The summed E-state index contributed by atoms with van der Waals surface area (Å²) in [5.74, 6) is 6.23. The molecule has 0 saturated carbocycles. The second-order valence-corrected chi connectivity index (χ2v) is 7.63. The van der Waals surface area contributed by atoms with Gasteiger partial charge < -0.3 is 11.2 Å². The van der Waals surface area contributed by atoms with Crippen LogP contribution in [-0.2, 0) is 4.79 Å². The number of aryl methyl sites for hydroxylation is 2. The third kappa shape index (κ3) is 5.72. The van der Waals surface area contributed by atoms with Gasteiger partial charge in [0, 0.05) is 10.7 Å². The number of hydrazone groups is 1. The third-order valence-electron chi connectivity index (χ3n) is 3.91. The number of hydrogen-bond donors (Lipinski definition) is 3. The van der Waals surface area contributed by atoms with Crippen molar-refractivity contribution in [1.82, 2.24) is 14.9 Å². The van der Waals surface area contributed by atoms with Gasteiger partial charge >= 0.3 is 0 Å². The van der Waals surface area contributed by atoms with Gasteiger partial charge in [0.2, 0.25) is 11.1 Å². The molecule has 0 spiro atoms. The van der Waals surface area contributed by atoms with E-state index in [1.54, 1.807) is 18.3 Å². The van der Waals surface area contributed by atoms with Gasteiger partial charge in [-0.15, -0.1) is 10.2 Å². The fourth-order valence-corrected chi connectivity index (χ4v) is 3.13. The molecule has 3 rings (SSSR count). The Labute approximate surface area is 177 Å². The topological polar surface area (TPSA) is 110 Å². The number of carbonyl (C=O) groups is 1. The zero-order valence-corrected chi connectivity index (χ0v) is 17.5.